The smallest absolute Gasteiger partial charge is 0.264 e. The maximum Gasteiger partial charge on any atom is 0.264 e. The first kappa shape index (κ1) is 23.5. The van der Waals surface area contributed by atoms with E-state index in [-0.39, 0.29) is 18.0 Å². The predicted octanol–water partition coefficient (Wildman–Crippen LogP) is 4.35. The molecule has 0 aliphatic rings. The van der Waals surface area contributed by atoms with Gasteiger partial charge in [-0.2, -0.15) is 0 Å². The average Bonchev–Trinajstić information content (AvgIpc) is 3.28. The molecule has 0 fully saturated rings. The highest BCUT2D eigenvalue weighted by molar-refractivity contribution is 7.92. The molecule has 0 atom stereocenters. The van der Waals surface area contributed by atoms with Crippen LogP contribution in [0.3, 0.4) is 0 Å². The van der Waals surface area contributed by atoms with Gasteiger partial charge in [0.25, 0.3) is 10.0 Å². The lowest BCUT2D eigenvalue weighted by Gasteiger charge is -2.24. The lowest BCUT2D eigenvalue weighted by atomic mass is 10.2. The number of aromatic nitrogens is 2. The van der Waals surface area contributed by atoms with Crippen LogP contribution in [0.15, 0.2) is 96.2 Å². The Kier molecular flexibility index (Phi) is 7.00. The fraction of sp³-hybridized carbons (Fsp3) is 0.120. The van der Waals surface area contributed by atoms with Crippen molar-refractivity contribution in [3.8, 4) is 5.69 Å². The lowest BCUT2D eigenvalue weighted by molar-refractivity contribution is -0.119. The second-order valence-corrected chi connectivity index (χ2v) is 9.89. The lowest BCUT2D eigenvalue weighted by Crippen LogP contribution is -2.40. The minimum atomic E-state index is -3.98. The van der Waals surface area contributed by atoms with E-state index in [2.05, 4.69) is 10.3 Å². The van der Waals surface area contributed by atoms with Crippen molar-refractivity contribution in [3.05, 3.63) is 108 Å². The van der Waals surface area contributed by atoms with E-state index in [1.165, 1.54) is 24.3 Å². The maximum absolute atomic E-state index is 13.3. The zero-order valence-electron chi connectivity index (χ0n) is 18.4. The molecule has 3 aromatic carbocycles. The number of sulfonamides is 1. The van der Waals surface area contributed by atoms with Crippen molar-refractivity contribution in [2.24, 2.45) is 0 Å². The van der Waals surface area contributed by atoms with Crippen LogP contribution in [0.4, 0.5) is 5.69 Å². The molecule has 0 aliphatic carbocycles. The second kappa shape index (κ2) is 10.1. The van der Waals surface area contributed by atoms with Gasteiger partial charge in [-0.3, -0.25) is 9.10 Å². The summed E-state index contributed by atoms with van der Waals surface area (Å²) in [5.74, 6) is 0.458. The summed E-state index contributed by atoms with van der Waals surface area (Å²) in [4.78, 5) is 17.1. The number of carbonyl (C=O) groups is 1. The summed E-state index contributed by atoms with van der Waals surface area (Å²) in [7, 11) is -3.98. The summed E-state index contributed by atoms with van der Waals surface area (Å²) < 4.78 is 29.7. The van der Waals surface area contributed by atoms with Gasteiger partial charge in [0.2, 0.25) is 5.91 Å². The van der Waals surface area contributed by atoms with Crippen LogP contribution in [0.1, 0.15) is 11.4 Å². The predicted molar refractivity (Wildman–Crippen MR) is 133 cm³/mol. The molecule has 0 radical (unpaired) electrons. The Morgan fingerprint density at radius 3 is 2.29 bits per heavy atom. The first-order valence-electron chi connectivity index (χ1n) is 10.5. The fourth-order valence-corrected chi connectivity index (χ4v) is 5.00. The van der Waals surface area contributed by atoms with Crippen LogP contribution in [0.2, 0.25) is 5.02 Å². The first-order chi connectivity index (χ1) is 16.3. The SMILES string of the molecule is Cc1nccn1-c1ccc(CNC(=O)CN(c2ccccc2)S(=O)(=O)c2ccc(Cl)cc2)cc1. The summed E-state index contributed by atoms with van der Waals surface area (Å²) in [5.41, 5.74) is 2.25. The first-order valence-corrected chi connectivity index (χ1v) is 12.4. The number of amides is 1. The van der Waals surface area contributed by atoms with E-state index in [4.69, 9.17) is 11.6 Å². The number of hydrogen-bond donors (Lipinski definition) is 1. The maximum atomic E-state index is 13.3. The number of carbonyl (C=O) groups excluding carboxylic acids is 1. The second-order valence-electron chi connectivity index (χ2n) is 7.59. The third kappa shape index (κ3) is 5.30. The van der Waals surface area contributed by atoms with E-state index in [9.17, 15) is 13.2 Å². The van der Waals surface area contributed by atoms with Gasteiger partial charge < -0.3 is 9.88 Å². The number of imidazole rings is 1. The number of aryl methyl sites for hydroxylation is 1. The number of nitrogens with one attached hydrogen (secondary N) is 1. The van der Waals surface area contributed by atoms with E-state index in [0.717, 1.165) is 21.4 Å². The molecule has 0 unspecified atom stereocenters. The normalized spacial score (nSPS) is 11.2. The Bertz CT molecular complexity index is 1370. The third-order valence-electron chi connectivity index (χ3n) is 5.26. The van der Waals surface area contributed by atoms with Crippen LogP contribution < -0.4 is 9.62 Å². The summed E-state index contributed by atoms with van der Waals surface area (Å²) in [6, 6.07) is 22.1. The van der Waals surface area contributed by atoms with Gasteiger partial charge in [0.1, 0.15) is 12.4 Å². The molecular weight excluding hydrogens is 472 g/mol. The molecule has 0 saturated carbocycles. The van der Waals surface area contributed by atoms with Gasteiger partial charge in [-0.1, -0.05) is 41.9 Å². The molecule has 4 rings (SSSR count). The number of nitrogens with zero attached hydrogens (tertiary/aromatic N) is 3. The number of anilines is 1. The number of para-hydroxylation sites is 1. The van der Waals surface area contributed by atoms with Crippen molar-refractivity contribution in [1.82, 2.24) is 14.9 Å². The molecule has 0 saturated heterocycles. The van der Waals surface area contributed by atoms with Gasteiger partial charge in [0.15, 0.2) is 0 Å². The van der Waals surface area contributed by atoms with Crippen molar-refractivity contribution >= 4 is 33.2 Å². The van der Waals surface area contributed by atoms with Gasteiger partial charge in [0.05, 0.1) is 10.6 Å². The third-order valence-corrected chi connectivity index (χ3v) is 7.30. The Morgan fingerprint density at radius 1 is 1.00 bits per heavy atom. The van der Waals surface area contributed by atoms with E-state index >= 15 is 0 Å². The monoisotopic (exact) mass is 494 g/mol. The zero-order valence-corrected chi connectivity index (χ0v) is 20.0. The van der Waals surface area contributed by atoms with Gasteiger partial charge in [-0.05, 0) is 61.0 Å². The van der Waals surface area contributed by atoms with Crippen molar-refractivity contribution in [2.75, 3.05) is 10.8 Å². The van der Waals surface area contributed by atoms with Gasteiger partial charge in [0, 0.05) is 29.6 Å². The molecule has 7 nitrogen and oxygen atoms in total. The Balaban J connectivity index is 1.48. The standard InChI is InChI=1S/C25H23ClN4O3S/c1-19-27-15-16-29(19)22-11-7-20(8-12-22)17-28-25(31)18-30(23-5-3-2-4-6-23)34(32,33)24-13-9-21(26)10-14-24/h2-16H,17-18H2,1H3,(H,28,31). The van der Waals surface area contributed by atoms with Crippen molar-refractivity contribution < 1.29 is 13.2 Å². The molecule has 4 aromatic rings. The quantitative estimate of drug-likeness (QED) is 0.395. The molecule has 174 valence electrons. The number of halogens is 1. The van der Waals surface area contributed by atoms with Crippen LogP contribution in [-0.2, 0) is 21.4 Å². The highest BCUT2D eigenvalue weighted by atomic mass is 35.5. The van der Waals surface area contributed by atoms with Crippen molar-refractivity contribution in [3.63, 3.8) is 0 Å². The summed E-state index contributed by atoms with van der Waals surface area (Å²) in [6.45, 7) is 1.83. The highest BCUT2D eigenvalue weighted by Gasteiger charge is 2.27. The molecule has 1 aromatic heterocycles. The molecule has 0 aliphatic heterocycles. The molecular formula is C25H23ClN4O3S. The van der Waals surface area contributed by atoms with Crippen molar-refractivity contribution in [1.29, 1.82) is 0 Å². The van der Waals surface area contributed by atoms with E-state index < -0.39 is 15.9 Å². The van der Waals surface area contributed by atoms with Crippen LogP contribution in [0.5, 0.6) is 0 Å². The van der Waals surface area contributed by atoms with Gasteiger partial charge in [-0.15, -0.1) is 0 Å². The highest BCUT2D eigenvalue weighted by Crippen LogP contribution is 2.24. The van der Waals surface area contributed by atoms with Crippen LogP contribution >= 0.6 is 11.6 Å². The minimum Gasteiger partial charge on any atom is -0.350 e. The van der Waals surface area contributed by atoms with E-state index in [0.29, 0.717) is 10.7 Å². The summed E-state index contributed by atoms with van der Waals surface area (Å²) in [5, 5.41) is 3.24. The topological polar surface area (TPSA) is 84.3 Å². The largest absolute Gasteiger partial charge is 0.350 e. The van der Waals surface area contributed by atoms with Gasteiger partial charge in [-0.25, -0.2) is 13.4 Å². The summed E-state index contributed by atoms with van der Waals surface area (Å²) in [6.07, 6.45) is 3.62. The molecule has 1 amide bonds. The van der Waals surface area contributed by atoms with E-state index in [1.54, 1.807) is 36.5 Å². The molecule has 1 heterocycles. The van der Waals surface area contributed by atoms with Crippen LogP contribution in [0, 0.1) is 6.92 Å². The molecule has 9 heteroatoms. The number of benzene rings is 3. The minimum absolute atomic E-state index is 0.0546. The van der Waals surface area contributed by atoms with Crippen LogP contribution in [-0.4, -0.2) is 30.4 Å². The van der Waals surface area contributed by atoms with Crippen LogP contribution in [0.25, 0.3) is 5.69 Å². The Hall–Kier alpha value is -3.62. The van der Waals surface area contributed by atoms with Crippen molar-refractivity contribution in [2.45, 2.75) is 18.4 Å². The van der Waals surface area contributed by atoms with Gasteiger partial charge >= 0.3 is 0 Å². The Labute approximate surface area is 203 Å². The number of hydrogen-bond acceptors (Lipinski definition) is 4. The molecule has 0 spiro atoms. The fourth-order valence-electron chi connectivity index (χ4n) is 3.46. The Morgan fingerprint density at radius 2 is 1.68 bits per heavy atom. The zero-order chi connectivity index (χ0) is 24.1. The molecule has 1 N–H and O–H groups in total. The molecule has 34 heavy (non-hydrogen) atoms. The van der Waals surface area contributed by atoms with E-state index in [1.807, 2.05) is 42.0 Å². The number of rotatable bonds is 8. The summed E-state index contributed by atoms with van der Waals surface area (Å²) >= 11 is 5.91. The molecule has 0 bridgehead atoms. The average molecular weight is 495 g/mol.